The summed E-state index contributed by atoms with van der Waals surface area (Å²) in [7, 11) is 0. The summed E-state index contributed by atoms with van der Waals surface area (Å²) in [4.78, 5) is 23.4. The highest BCUT2D eigenvalue weighted by Gasteiger charge is 2.18. The molecular weight excluding hydrogens is 348 g/mol. The second-order valence-corrected chi connectivity index (χ2v) is 6.53. The van der Waals surface area contributed by atoms with E-state index in [0.717, 1.165) is 22.9 Å². The molecule has 0 unspecified atom stereocenters. The van der Waals surface area contributed by atoms with E-state index in [2.05, 4.69) is 26.8 Å². The maximum atomic E-state index is 11.7. The molecule has 0 aromatic heterocycles. The number of carbonyl (C=O) groups excluding carboxylic acids is 2. The molecule has 5 nitrogen and oxygen atoms in total. The molecular formula is C16H21BrN2O3. The minimum atomic E-state index is -0.382. The lowest BCUT2D eigenvalue weighted by Gasteiger charge is -2.12. The molecule has 0 bridgehead atoms. The number of halogens is 1. The number of benzene rings is 1. The molecule has 0 saturated heterocycles. The number of hydrazine groups is 1. The highest BCUT2D eigenvalue weighted by molar-refractivity contribution is 9.10. The Morgan fingerprint density at radius 2 is 1.91 bits per heavy atom. The Morgan fingerprint density at radius 1 is 1.23 bits per heavy atom. The molecule has 1 aliphatic carbocycles. The fourth-order valence-corrected chi connectivity index (χ4v) is 3.18. The fourth-order valence-electron chi connectivity index (χ4n) is 2.57. The minimum Gasteiger partial charge on any atom is -0.483 e. The first-order chi connectivity index (χ1) is 10.5. The van der Waals surface area contributed by atoms with E-state index in [1.54, 1.807) is 6.07 Å². The molecule has 2 N–H and O–H groups in total. The molecule has 120 valence electrons. The van der Waals surface area contributed by atoms with Crippen LogP contribution < -0.4 is 15.6 Å². The normalized spacial score (nSPS) is 14.6. The third-order valence-electron chi connectivity index (χ3n) is 3.74. The first kappa shape index (κ1) is 16.8. The topological polar surface area (TPSA) is 67.4 Å². The molecule has 1 fully saturated rings. The van der Waals surface area contributed by atoms with Crippen molar-refractivity contribution in [2.45, 2.75) is 39.0 Å². The summed E-state index contributed by atoms with van der Waals surface area (Å²) in [5.74, 6) is 0.527. The number of aryl methyl sites for hydroxylation is 1. The number of amides is 2. The predicted molar refractivity (Wildman–Crippen MR) is 87.2 cm³/mol. The van der Waals surface area contributed by atoms with E-state index in [1.165, 1.54) is 12.8 Å². The Balaban J connectivity index is 1.68. The van der Waals surface area contributed by atoms with Gasteiger partial charge in [0.2, 0.25) is 5.91 Å². The van der Waals surface area contributed by atoms with Gasteiger partial charge in [-0.1, -0.05) is 18.9 Å². The standard InChI is InChI=1S/C16H21BrN2O3/c1-11-6-7-14(13(17)8-11)22-10-16(21)19-18-15(20)9-12-4-2-3-5-12/h6-8,12H,2-5,9-10H2,1H3,(H,18,20)(H,19,21). The quantitative estimate of drug-likeness (QED) is 0.785. The highest BCUT2D eigenvalue weighted by atomic mass is 79.9. The minimum absolute atomic E-state index is 0.142. The number of nitrogens with one attached hydrogen (secondary N) is 2. The van der Waals surface area contributed by atoms with Crippen LogP contribution in [0.4, 0.5) is 0 Å². The molecule has 0 atom stereocenters. The zero-order chi connectivity index (χ0) is 15.9. The zero-order valence-electron chi connectivity index (χ0n) is 12.7. The molecule has 0 spiro atoms. The maximum absolute atomic E-state index is 11.7. The molecule has 1 aromatic rings. The Labute approximate surface area is 138 Å². The predicted octanol–water partition coefficient (Wildman–Crippen LogP) is 2.86. The molecule has 22 heavy (non-hydrogen) atoms. The number of ether oxygens (including phenoxy) is 1. The van der Waals surface area contributed by atoms with Crippen LogP contribution in [0.1, 0.15) is 37.7 Å². The van der Waals surface area contributed by atoms with E-state index in [1.807, 2.05) is 19.1 Å². The van der Waals surface area contributed by atoms with Crippen molar-refractivity contribution in [2.75, 3.05) is 6.61 Å². The smallest absolute Gasteiger partial charge is 0.276 e. The van der Waals surface area contributed by atoms with E-state index < -0.39 is 0 Å². The fraction of sp³-hybridized carbons (Fsp3) is 0.500. The van der Waals surface area contributed by atoms with Crippen molar-refractivity contribution < 1.29 is 14.3 Å². The van der Waals surface area contributed by atoms with Crippen molar-refractivity contribution in [2.24, 2.45) is 5.92 Å². The van der Waals surface area contributed by atoms with Crippen LogP contribution in [-0.4, -0.2) is 18.4 Å². The van der Waals surface area contributed by atoms with Gasteiger partial charge in [-0.2, -0.15) is 0 Å². The average molecular weight is 369 g/mol. The first-order valence-corrected chi connectivity index (χ1v) is 8.30. The van der Waals surface area contributed by atoms with E-state index in [-0.39, 0.29) is 18.4 Å². The van der Waals surface area contributed by atoms with E-state index >= 15 is 0 Å². The van der Waals surface area contributed by atoms with Gasteiger partial charge in [0, 0.05) is 6.42 Å². The van der Waals surface area contributed by atoms with Gasteiger partial charge in [-0.15, -0.1) is 0 Å². The number of hydrogen-bond donors (Lipinski definition) is 2. The second kappa shape index (κ2) is 8.17. The van der Waals surface area contributed by atoms with Crippen LogP contribution in [0.25, 0.3) is 0 Å². The Bertz CT molecular complexity index is 542. The van der Waals surface area contributed by atoms with Gasteiger partial charge in [0.25, 0.3) is 5.91 Å². The second-order valence-electron chi connectivity index (χ2n) is 5.67. The van der Waals surface area contributed by atoms with Crippen LogP contribution in [0, 0.1) is 12.8 Å². The molecule has 2 rings (SSSR count). The summed E-state index contributed by atoms with van der Waals surface area (Å²) in [6, 6.07) is 5.61. The first-order valence-electron chi connectivity index (χ1n) is 7.51. The summed E-state index contributed by atoms with van der Waals surface area (Å²) >= 11 is 3.38. The number of hydrogen-bond acceptors (Lipinski definition) is 3. The lowest BCUT2D eigenvalue weighted by molar-refractivity contribution is -0.130. The van der Waals surface area contributed by atoms with Gasteiger partial charge in [0.15, 0.2) is 6.61 Å². The molecule has 0 radical (unpaired) electrons. The summed E-state index contributed by atoms with van der Waals surface area (Å²) in [6.45, 7) is 1.83. The lowest BCUT2D eigenvalue weighted by Crippen LogP contribution is -2.44. The van der Waals surface area contributed by atoms with Crippen LogP contribution in [0.2, 0.25) is 0 Å². The summed E-state index contributed by atoms with van der Waals surface area (Å²) in [5.41, 5.74) is 5.92. The molecule has 1 aliphatic rings. The van der Waals surface area contributed by atoms with Gasteiger partial charge in [0.1, 0.15) is 5.75 Å². The third kappa shape index (κ3) is 5.33. The largest absolute Gasteiger partial charge is 0.483 e. The van der Waals surface area contributed by atoms with Crippen LogP contribution >= 0.6 is 15.9 Å². The zero-order valence-corrected chi connectivity index (χ0v) is 14.2. The van der Waals surface area contributed by atoms with Crippen molar-refractivity contribution >= 4 is 27.7 Å². The SMILES string of the molecule is Cc1ccc(OCC(=O)NNC(=O)CC2CCCC2)c(Br)c1. The van der Waals surface area contributed by atoms with E-state index in [4.69, 9.17) is 4.74 Å². The number of carbonyl (C=O) groups is 2. The van der Waals surface area contributed by atoms with Crippen LogP contribution in [0.15, 0.2) is 22.7 Å². The molecule has 6 heteroatoms. The summed E-state index contributed by atoms with van der Waals surface area (Å²) < 4.78 is 6.21. The molecule has 1 saturated carbocycles. The molecule has 1 aromatic carbocycles. The third-order valence-corrected chi connectivity index (χ3v) is 4.36. The Kier molecular flexibility index (Phi) is 6.24. The average Bonchev–Trinajstić information content (AvgIpc) is 2.97. The van der Waals surface area contributed by atoms with E-state index in [0.29, 0.717) is 18.1 Å². The van der Waals surface area contributed by atoms with Crippen LogP contribution in [0.3, 0.4) is 0 Å². The molecule has 0 aliphatic heterocycles. The maximum Gasteiger partial charge on any atom is 0.276 e. The van der Waals surface area contributed by atoms with Gasteiger partial charge in [-0.05, 0) is 59.3 Å². The van der Waals surface area contributed by atoms with Crippen LogP contribution in [0.5, 0.6) is 5.75 Å². The van der Waals surface area contributed by atoms with Gasteiger partial charge < -0.3 is 4.74 Å². The molecule has 0 heterocycles. The molecule has 2 amide bonds. The Hall–Kier alpha value is -1.56. The summed E-state index contributed by atoms with van der Waals surface area (Å²) in [5, 5.41) is 0. The van der Waals surface area contributed by atoms with Gasteiger partial charge in [-0.3, -0.25) is 20.4 Å². The van der Waals surface area contributed by atoms with Crippen molar-refractivity contribution in [3.8, 4) is 5.75 Å². The Morgan fingerprint density at radius 3 is 2.59 bits per heavy atom. The van der Waals surface area contributed by atoms with Crippen molar-refractivity contribution in [1.29, 1.82) is 0 Å². The van der Waals surface area contributed by atoms with Crippen molar-refractivity contribution in [3.05, 3.63) is 28.2 Å². The lowest BCUT2D eigenvalue weighted by atomic mass is 10.0. The van der Waals surface area contributed by atoms with Crippen molar-refractivity contribution in [3.63, 3.8) is 0 Å². The highest BCUT2D eigenvalue weighted by Crippen LogP contribution is 2.27. The monoisotopic (exact) mass is 368 g/mol. The summed E-state index contributed by atoms with van der Waals surface area (Å²) in [6.07, 6.45) is 5.08. The van der Waals surface area contributed by atoms with Gasteiger partial charge >= 0.3 is 0 Å². The van der Waals surface area contributed by atoms with Crippen molar-refractivity contribution in [1.82, 2.24) is 10.9 Å². The van der Waals surface area contributed by atoms with E-state index in [9.17, 15) is 9.59 Å². The van der Waals surface area contributed by atoms with Crippen LogP contribution in [-0.2, 0) is 9.59 Å². The number of rotatable bonds is 5. The van der Waals surface area contributed by atoms with Gasteiger partial charge in [-0.25, -0.2) is 0 Å². The van der Waals surface area contributed by atoms with Gasteiger partial charge in [0.05, 0.1) is 4.47 Å².